The summed E-state index contributed by atoms with van der Waals surface area (Å²) in [4.78, 5) is 28.0. The first kappa shape index (κ1) is 31.7. The van der Waals surface area contributed by atoms with E-state index in [9.17, 15) is 31.2 Å². The Balaban J connectivity index is 2.55. The average Bonchev–Trinajstić information content (AvgIpc) is 2.76. The number of nitrogens with zero attached hydrogens (tertiary/aromatic N) is 2. The van der Waals surface area contributed by atoms with Crippen LogP contribution in [0.25, 0.3) is 0 Å². The second-order valence-electron chi connectivity index (χ2n) is 9.74. The highest BCUT2D eigenvalue weighted by Gasteiger charge is 2.35. The second-order valence-corrected chi connectivity index (χ2v) is 12.5. The fourth-order valence-electron chi connectivity index (χ4n) is 3.66. The van der Waals surface area contributed by atoms with Gasteiger partial charge in [0.05, 0.1) is 17.5 Å². The van der Waals surface area contributed by atoms with Crippen LogP contribution in [0.15, 0.2) is 42.5 Å². The molecule has 0 heterocycles. The Bertz CT molecular complexity index is 1280. The third-order valence-corrected chi connectivity index (χ3v) is 7.11. The van der Waals surface area contributed by atoms with Gasteiger partial charge in [-0.1, -0.05) is 42.3 Å². The quantitative estimate of drug-likeness (QED) is 0.414. The number of benzene rings is 2. The summed E-state index contributed by atoms with van der Waals surface area (Å²) in [5.74, 6) is -1.29. The normalized spacial score (nSPS) is 13.1. The number of alkyl halides is 3. The molecule has 2 amide bonds. The molecule has 0 bridgehead atoms. The number of nitrogens with one attached hydrogen (secondary N) is 1. The number of hydrogen-bond acceptors (Lipinski definition) is 4. The fourth-order valence-corrected chi connectivity index (χ4v) is 4.97. The monoisotopic (exact) mass is 595 g/mol. The molecule has 1 atom stereocenters. The predicted molar refractivity (Wildman–Crippen MR) is 143 cm³/mol. The van der Waals surface area contributed by atoms with Crippen molar-refractivity contribution in [2.24, 2.45) is 0 Å². The van der Waals surface area contributed by atoms with Gasteiger partial charge in [0.15, 0.2) is 0 Å². The van der Waals surface area contributed by atoms with Gasteiger partial charge < -0.3 is 10.2 Å². The number of hydrogen-bond donors (Lipinski definition) is 1. The van der Waals surface area contributed by atoms with Crippen molar-refractivity contribution >= 4 is 50.7 Å². The number of carbonyl (C=O) groups is 2. The van der Waals surface area contributed by atoms with Crippen LogP contribution >= 0.6 is 23.2 Å². The molecule has 2 aromatic rings. The van der Waals surface area contributed by atoms with Gasteiger partial charge in [0.25, 0.3) is 0 Å². The van der Waals surface area contributed by atoms with Crippen LogP contribution in [0.5, 0.6) is 0 Å². The SMILES string of the molecule is CC[C@@H](C(=O)NC(C)(C)C)N(Cc1ccc(Cl)cc1Cl)C(=O)CN(c1cccc(C(F)(F)F)c1)S(C)(=O)=O. The summed E-state index contributed by atoms with van der Waals surface area (Å²) >= 11 is 12.3. The molecule has 0 aromatic heterocycles. The summed E-state index contributed by atoms with van der Waals surface area (Å²) in [6.07, 6.45) is -3.77. The highest BCUT2D eigenvalue weighted by Crippen LogP contribution is 2.32. The Morgan fingerprint density at radius 2 is 1.68 bits per heavy atom. The predicted octanol–water partition coefficient (Wildman–Crippen LogP) is 5.50. The Morgan fingerprint density at radius 1 is 1.05 bits per heavy atom. The summed E-state index contributed by atoms with van der Waals surface area (Å²) < 4.78 is 65.7. The van der Waals surface area contributed by atoms with E-state index in [1.54, 1.807) is 39.8 Å². The Labute approximate surface area is 230 Å². The lowest BCUT2D eigenvalue weighted by molar-refractivity contribution is -0.141. The zero-order valence-corrected chi connectivity index (χ0v) is 23.9. The minimum absolute atomic E-state index is 0.168. The Kier molecular flexibility index (Phi) is 10.1. The summed E-state index contributed by atoms with van der Waals surface area (Å²) in [7, 11) is -4.20. The molecule has 38 heavy (non-hydrogen) atoms. The van der Waals surface area contributed by atoms with Gasteiger partial charge in [-0.25, -0.2) is 8.42 Å². The number of halogens is 5. The van der Waals surface area contributed by atoms with E-state index < -0.39 is 51.7 Å². The van der Waals surface area contributed by atoms with E-state index in [0.29, 0.717) is 21.0 Å². The first-order chi connectivity index (χ1) is 17.3. The van der Waals surface area contributed by atoms with Crippen LogP contribution in [0.2, 0.25) is 10.0 Å². The fraction of sp³-hybridized carbons (Fsp3) is 0.440. The molecule has 0 aliphatic carbocycles. The standard InChI is InChI=1S/C25H30Cl2F3N3O4S/c1-6-21(23(35)31-24(2,3)4)32(14-16-10-11-18(26)13-20(16)27)22(34)15-33(38(5,36)37)19-9-7-8-17(12-19)25(28,29)30/h7-13,21H,6,14-15H2,1-5H3,(H,31,35)/t21-/m0/s1. The van der Waals surface area contributed by atoms with Crippen molar-refractivity contribution in [3.63, 3.8) is 0 Å². The molecule has 0 aliphatic rings. The zero-order chi connectivity index (χ0) is 29.1. The van der Waals surface area contributed by atoms with Crippen LogP contribution in [0.1, 0.15) is 45.2 Å². The van der Waals surface area contributed by atoms with Gasteiger partial charge in [-0.2, -0.15) is 13.2 Å². The largest absolute Gasteiger partial charge is 0.416 e. The van der Waals surface area contributed by atoms with E-state index in [1.807, 2.05) is 0 Å². The van der Waals surface area contributed by atoms with Crippen LogP contribution in [0.4, 0.5) is 18.9 Å². The lowest BCUT2D eigenvalue weighted by atomic mass is 10.1. The van der Waals surface area contributed by atoms with Crippen LogP contribution in [0, 0.1) is 0 Å². The number of anilines is 1. The van der Waals surface area contributed by atoms with Crippen LogP contribution in [0.3, 0.4) is 0 Å². The van der Waals surface area contributed by atoms with Crippen LogP contribution in [-0.2, 0) is 32.3 Å². The smallest absolute Gasteiger partial charge is 0.350 e. The first-order valence-electron chi connectivity index (χ1n) is 11.5. The maximum Gasteiger partial charge on any atom is 0.416 e. The van der Waals surface area contributed by atoms with Crippen LogP contribution < -0.4 is 9.62 Å². The second kappa shape index (κ2) is 12.1. The number of sulfonamides is 1. The molecule has 0 fully saturated rings. The zero-order valence-electron chi connectivity index (χ0n) is 21.6. The summed E-state index contributed by atoms with van der Waals surface area (Å²) in [6, 6.07) is 7.21. The molecule has 0 saturated heterocycles. The molecule has 0 aliphatic heterocycles. The molecule has 0 radical (unpaired) electrons. The molecule has 0 unspecified atom stereocenters. The van der Waals surface area contributed by atoms with Crippen molar-refractivity contribution in [2.45, 2.75) is 58.4 Å². The van der Waals surface area contributed by atoms with Gasteiger partial charge in [-0.3, -0.25) is 13.9 Å². The summed E-state index contributed by atoms with van der Waals surface area (Å²) in [5, 5.41) is 3.38. The molecule has 1 N–H and O–H groups in total. The van der Waals surface area contributed by atoms with E-state index >= 15 is 0 Å². The van der Waals surface area contributed by atoms with Crippen molar-refractivity contribution < 1.29 is 31.2 Å². The Morgan fingerprint density at radius 3 is 2.18 bits per heavy atom. The maximum absolute atomic E-state index is 13.7. The molecule has 2 rings (SSSR count). The third-order valence-electron chi connectivity index (χ3n) is 5.38. The highest BCUT2D eigenvalue weighted by atomic mass is 35.5. The minimum atomic E-state index is -4.72. The molecule has 0 saturated carbocycles. The van der Waals surface area contributed by atoms with Gasteiger partial charge in [-0.05, 0) is 63.1 Å². The van der Waals surface area contributed by atoms with Gasteiger partial charge in [0.2, 0.25) is 21.8 Å². The van der Waals surface area contributed by atoms with E-state index in [4.69, 9.17) is 23.2 Å². The maximum atomic E-state index is 13.7. The first-order valence-corrected chi connectivity index (χ1v) is 14.1. The van der Waals surface area contributed by atoms with Gasteiger partial charge in [-0.15, -0.1) is 0 Å². The molecular formula is C25H30Cl2F3N3O4S. The number of rotatable bonds is 9. The van der Waals surface area contributed by atoms with Gasteiger partial charge in [0, 0.05) is 22.1 Å². The van der Waals surface area contributed by atoms with Gasteiger partial charge >= 0.3 is 6.18 Å². The highest BCUT2D eigenvalue weighted by molar-refractivity contribution is 7.92. The van der Waals surface area contributed by atoms with Crippen molar-refractivity contribution in [1.29, 1.82) is 0 Å². The van der Waals surface area contributed by atoms with E-state index in [2.05, 4.69) is 5.32 Å². The number of amides is 2. The third kappa shape index (κ3) is 8.78. The molecule has 7 nitrogen and oxygen atoms in total. The van der Waals surface area contributed by atoms with E-state index in [0.717, 1.165) is 24.5 Å². The lowest BCUT2D eigenvalue weighted by Gasteiger charge is -2.34. The molecule has 13 heteroatoms. The summed E-state index contributed by atoms with van der Waals surface area (Å²) in [5.41, 5.74) is -1.60. The van der Waals surface area contributed by atoms with Crippen molar-refractivity contribution in [2.75, 3.05) is 17.1 Å². The van der Waals surface area contributed by atoms with E-state index in [-0.39, 0.29) is 23.7 Å². The average molecular weight is 596 g/mol. The van der Waals surface area contributed by atoms with Crippen LogP contribution in [-0.4, -0.2) is 49.5 Å². The minimum Gasteiger partial charge on any atom is -0.350 e. The topological polar surface area (TPSA) is 86.8 Å². The Hall–Kier alpha value is -2.50. The summed E-state index contributed by atoms with van der Waals surface area (Å²) in [6.45, 7) is 5.95. The van der Waals surface area contributed by atoms with Crippen molar-refractivity contribution in [3.8, 4) is 0 Å². The van der Waals surface area contributed by atoms with Crippen molar-refractivity contribution in [1.82, 2.24) is 10.2 Å². The molecule has 2 aromatic carbocycles. The van der Waals surface area contributed by atoms with Crippen molar-refractivity contribution in [3.05, 3.63) is 63.6 Å². The van der Waals surface area contributed by atoms with Gasteiger partial charge in [0.1, 0.15) is 12.6 Å². The lowest BCUT2D eigenvalue weighted by Crippen LogP contribution is -2.55. The number of carbonyl (C=O) groups excluding carboxylic acids is 2. The molecular weight excluding hydrogens is 566 g/mol. The van der Waals surface area contributed by atoms with E-state index in [1.165, 1.54) is 11.0 Å². The molecule has 210 valence electrons. The molecule has 0 spiro atoms.